The molecule has 1 unspecified atom stereocenters. The van der Waals surface area contributed by atoms with Crippen molar-refractivity contribution in [2.24, 2.45) is 23.7 Å². The standard InChI is InChI=1S/C48H68Cl3NO26/c1-18-31(14-62-22(5)53)74-43(39(70-27(10)58)35(18)66-23(6)54)63-15-32-19(2)36(67-24(7)55)40(71-28(11)59)44(75-32)64-16-33-20(3)37(68-25(8)56)41(72-29(12)60)45(76-33)65-17-34-21(4)38(69-26(9)57)42(73-30(13)61)46(77-34)78-47(52)48(49,50)51/h18-21,31-46,52H,14-17H2,1-13H3/t18-,19-,20-,21-,31-,32-,33-,34-,35+,36+,37+,38+,39-,40-,41-,42-,43-,44-,45-,46?/m1/s1. The molecular weight excluding hydrogens is 1110 g/mol. The summed E-state index contributed by atoms with van der Waals surface area (Å²) in [5, 5.41) is 8.21. The van der Waals surface area contributed by atoms with Crippen molar-refractivity contribution >= 4 is 94.4 Å². The Balaban J connectivity index is 1.69. The molecule has 442 valence electrons. The number of nitrogens with one attached hydrogen (secondary N) is 1. The molecule has 4 aliphatic heterocycles. The number of hydrogen-bond acceptors (Lipinski definition) is 27. The van der Waals surface area contributed by atoms with Crippen molar-refractivity contribution in [2.45, 2.75) is 192 Å². The number of carbonyl (C=O) groups is 9. The molecule has 20 atom stereocenters. The summed E-state index contributed by atoms with van der Waals surface area (Å²) in [4.78, 5) is 112. The molecule has 4 aliphatic rings. The van der Waals surface area contributed by atoms with E-state index in [0.29, 0.717) is 0 Å². The van der Waals surface area contributed by atoms with Gasteiger partial charge in [-0.3, -0.25) is 48.6 Å². The van der Waals surface area contributed by atoms with Crippen LogP contribution < -0.4 is 0 Å². The fraction of sp³-hybridized carbons (Fsp3) is 0.792. The molecule has 0 radical (unpaired) electrons. The van der Waals surface area contributed by atoms with Crippen LogP contribution in [0.15, 0.2) is 0 Å². The quantitative estimate of drug-likeness (QED) is 0.0602. The highest BCUT2D eigenvalue weighted by Gasteiger charge is 2.55. The van der Waals surface area contributed by atoms with E-state index in [4.69, 9.17) is 121 Å². The van der Waals surface area contributed by atoms with E-state index >= 15 is 0 Å². The average molecular weight is 1180 g/mol. The van der Waals surface area contributed by atoms with E-state index < -0.39 is 205 Å². The van der Waals surface area contributed by atoms with Gasteiger partial charge in [0.15, 0.2) is 37.2 Å². The van der Waals surface area contributed by atoms with Gasteiger partial charge in [-0.2, -0.15) is 0 Å². The molecule has 78 heavy (non-hydrogen) atoms. The maximum atomic E-state index is 12.7. The first-order valence-electron chi connectivity index (χ1n) is 24.6. The number of halogens is 3. The molecule has 27 nitrogen and oxygen atoms in total. The van der Waals surface area contributed by atoms with E-state index in [2.05, 4.69) is 0 Å². The summed E-state index contributed by atoms with van der Waals surface area (Å²) in [6.07, 6.45) is -21.8. The van der Waals surface area contributed by atoms with Crippen molar-refractivity contribution in [1.82, 2.24) is 0 Å². The lowest BCUT2D eigenvalue weighted by Gasteiger charge is -2.47. The third kappa shape index (κ3) is 18.7. The van der Waals surface area contributed by atoms with E-state index in [1.807, 2.05) is 0 Å². The fourth-order valence-electron chi connectivity index (χ4n) is 9.09. The van der Waals surface area contributed by atoms with Crippen LogP contribution in [-0.2, 0) is 124 Å². The molecule has 0 aromatic heterocycles. The fourth-order valence-corrected chi connectivity index (χ4v) is 9.22. The number of ether oxygens (including phenoxy) is 17. The van der Waals surface area contributed by atoms with Crippen molar-refractivity contribution in [3.8, 4) is 0 Å². The van der Waals surface area contributed by atoms with Crippen LogP contribution in [0.25, 0.3) is 0 Å². The third-order valence-electron chi connectivity index (χ3n) is 12.7. The van der Waals surface area contributed by atoms with Crippen molar-refractivity contribution in [3.05, 3.63) is 0 Å². The second kappa shape index (κ2) is 29.1. The predicted octanol–water partition coefficient (Wildman–Crippen LogP) is 2.86. The van der Waals surface area contributed by atoms with Crippen molar-refractivity contribution < 1.29 is 124 Å². The van der Waals surface area contributed by atoms with Gasteiger partial charge in [0.25, 0.3) is 3.79 Å². The van der Waals surface area contributed by atoms with E-state index in [0.717, 1.165) is 55.4 Å². The summed E-state index contributed by atoms with van der Waals surface area (Å²) in [5.41, 5.74) is 0. The van der Waals surface area contributed by atoms with Crippen LogP contribution in [0.4, 0.5) is 0 Å². The molecular formula is C48H68Cl3NO26. The summed E-state index contributed by atoms with van der Waals surface area (Å²) >= 11 is 17.7. The molecule has 0 amide bonds. The SMILES string of the molecule is CC(=O)OC[C@H]1O[C@@H](OC[C@H]2O[C@@H](OC[C@H]3O[C@@H](OC[C@H]4OC(OC(=N)C(Cl)(Cl)Cl)[C@H](OC(C)=O)[C@@H](OC(C)=O)[C@@H]4C)[C@H](OC(C)=O)[C@@H](OC(C)=O)[C@@H]3C)[C@H](OC(C)=O)[C@@H](OC(C)=O)[C@@H]2C)[C@H](OC(C)=O)[C@@H](OC(C)=O)[C@@H]1C. The lowest BCUT2D eigenvalue weighted by atomic mass is 9.89. The molecule has 4 saturated heterocycles. The first-order chi connectivity index (χ1) is 36.3. The van der Waals surface area contributed by atoms with E-state index in [-0.39, 0.29) is 6.61 Å². The maximum absolute atomic E-state index is 12.7. The Labute approximate surface area is 464 Å². The van der Waals surface area contributed by atoms with Crippen molar-refractivity contribution in [2.75, 3.05) is 26.4 Å². The minimum absolute atomic E-state index is 0.303. The van der Waals surface area contributed by atoms with Gasteiger partial charge >= 0.3 is 53.7 Å². The van der Waals surface area contributed by atoms with E-state index in [1.165, 1.54) is 6.92 Å². The highest BCUT2D eigenvalue weighted by atomic mass is 35.6. The topological polar surface area (TPSA) is 334 Å². The zero-order chi connectivity index (χ0) is 58.7. The zero-order valence-electron chi connectivity index (χ0n) is 45.1. The lowest BCUT2D eigenvalue weighted by molar-refractivity contribution is -0.337. The molecule has 0 saturated carbocycles. The van der Waals surface area contributed by atoms with Crippen molar-refractivity contribution in [1.29, 1.82) is 5.41 Å². The number of hydrogen-bond donors (Lipinski definition) is 1. The van der Waals surface area contributed by atoms with Crippen LogP contribution in [0.2, 0.25) is 0 Å². The number of esters is 9. The summed E-state index contributed by atoms with van der Waals surface area (Å²) in [5.74, 6) is -11.4. The molecule has 4 fully saturated rings. The van der Waals surface area contributed by atoms with Gasteiger partial charge in [0, 0.05) is 86.0 Å². The summed E-state index contributed by atoms with van der Waals surface area (Å²) in [6, 6.07) is 0. The molecule has 4 heterocycles. The summed E-state index contributed by atoms with van der Waals surface area (Å²) < 4.78 is 97.2. The van der Waals surface area contributed by atoms with Gasteiger partial charge in [-0.05, 0) is 0 Å². The molecule has 0 aliphatic carbocycles. The Hall–Kier alpha value is -4.71. The lowest BCUT2D eigenvalue weighted by Crippen LogP contribution is -2.62. The number of alkyl halides is 3. The second-order valence-corrected chi connectivity index (χ2v) is 21.2. The normalized spacial score (nSPS) is 34.8. The minimum atomic E-state index is -2.42. The Morgan fingerprint density at radius 2 is 0.564 bits per heavy atom. The first-order valence-corrected chi connectivity index (χ1v) is 25.7. The van der Waals surface area contributed by atoms with Gasteiger partial charge in [0.1, 0.15) is 37.1 Å². The van der Waals surface area contributed by atoms with Gasteiger partial charge in [-0.1, -0.05) is 62.5 Å². The monoisotopic (exact) mass is 1180 g/mol. The molecule has 30 heteroatoms. The van der Waals surface area contributed by atoms with E-state index in [1.54, 1.807) is 27.7 Å². The molecule has 0 spiro atoms. The van der Waals surface area contributed by atoms with Crippen molar-refractivity contribution in [3.63, 3.8) is 0 Å². The largest absolute Gasteiger partial charge is 0.463 e. The molecule has 1 N–H and O–H groups in total. The Morgan fingerprint density at radius 3 is 0.795 bits per heavy atom. The predicted molar refractivity (Wildman–Crippen MR) is 259 cm³/mol. The highest BCUT2D eigenvalue weighted by molar-refractivity contribution is 6.76. The zero-order valence-corrected chi connectivity index (χ0v) is 47.4. The summed E-state index contributed by atoms with van der Waals surface area (Å²) in [7, 11) is 0. The maximum Gasteiger partial charge on any atom is 0.303 e. The Morgan fingerprint density at radius 1 is 0.346 bits per heavy atom. The molecule has 4 rings (SSSR count). The molecule has 0 bridgehead atoms. The average Bonchev–Trinajstić information content (AvgIpc) is 3.33. The van der Waals surface area contributed by atoms with Crippen LogP contribution in [0.1, 0.15) is 90.0 Å². The van der Waals surface area contributed by atoms with Gasteiger partial charge < -0.3 is 80.5 Å². The third-order valence-corrected chi connectivity index (χ3v) is 13.2. The van der Waals surface area contributed by atoms with Crippen LogP contribution in [0, 0.1) is 29.1 Å². The van der Waals surface area contributed by atoms with Gasteiger partial charge in [0.05, 0.1) is 38.1 Å². The smallest absolute Gasteiger partial charge is 0.303 e. The minimum Gasteiger partial charge on any atom is -0.463 e. The van der Waals surface area contributed by atoms with E-state index in [9.17, 15) is 43.2 Å². The van der Waals surface area contributed by atoms with Crippen LogP contribution in [0.5, 0.6) is 0 Å². The van der Waals surface area contributed by atoms with Crippen LogP contribution in [0.3, 0.4) is 0 Å². The second-order valence-electron chi connectivity index (χ2n) is 18.9. The first kappa shape index (κ1) is 65.8. The Kier molecular flexibility index (Phi) is 24.6. The molecule has 0 aromatic carbocycles. The summed E-state index contributed by atoms with van der Waals surface area (Å²) in [6.45, 7) is 14.6. The van der Waals surface area contributed by atoms with Gasteiger partial charge in [-0.15, -0.1) is 0 Å². The molecule has 0 aromatic rings. The van der Waals surface area contributed by atoms with Crippen LogP contribution >= 0.6 is 34.8 Å². The number of carbonyl (C=O) groups excluding carboxylic acids is 9. The number of rotatable bonds is 20. The van der Waals surface area contributed by atoms with Gasteiger partial charge in [0.2, 0.25) is 18.3 Å². The van der Waals surface area contributed by atoms with Crippen LogP contribution in [-0.4, -0.2) is 188 Å². The Bertz CT molecular complexity index is 2160. The van der Waals surface area contributed by atoms with Gasteiger partial charge in [-0.25, -0.2) is 0 Å². The highest BCUT2D eigenvalue weighted by Crippen LogP contribution is 2.39.